The van der Waals surface area contributed by atoms with Crippen molar-refractivity contribution < 1.29 is 12.8 Å². The molecule has 1 aromatic heterocycles. The second-order valence-electron chi connectivity index (χ2n) is 6.55. The zero-order chi connectivity index (χ0) is 19.2. The van der Waals surface area contributed by atoms with E-state index < -0.39 is 15.6 Å². The third-order valence-electron chi connectivity index (χ3n) is 3.39. The molecule has 0 radical (unpaired) electrons. The molecular weight excluding hydrogens is 481 g/mol. The molecule has 2 rings (SSSR count). The number of oxazole rings is 1. The average Bonchev–Trinajstić information content (AvgIpc) is 3.02. The van der Waals surface area contributed by atoms with E-state index in [1.165, 1.54) is 0 Å². The minimum atomic E-state index is -3.29. The van der Waals surface area contributed by atoms with E-state index in [0.29, 0.717) is 24.9 Å². The molecule has 0 bridgehead atoms. The van der Waals surface area contributed by atoms with Crippen molar-refractivity contribution in [1.82, 2.24) is 20.3 Å². The highest BCUT2D eigenvalue weighted by Crippen LogP contribution is 2.17. The minimum Gasteiger partial charge on any atom is -0.444 e. The van der Waals surface area contributed by atoms with Crippen LogP contribution in [0.15, 0.2) is 46.0 Å². The average molecular weight is 507 g/mol. The zero-order valence-electron chi connectivity index (χ0n) is 15.8. The van der Waals surface area contributed by atoms with Gasteiger partial charge in [-0.1, -0.05) is 18.2 Å². The number of guanidine groups is 1. The molecule has 1 heterocycles. The van der Waals surface area contributed by atoms with E-state index in [1.807, 2.05) is 30.3 Å². The molecule has 150 valence electrons. The summed E-state index contributed by atoms with van der Waals surface area (Å²) < 4.78 is 30.8. The van der Waals surface area contributed by atoms with E-state index >= 15 is 0 Å². The van der Waals surface area contributed by atoms with Crippen molar-refractivity contribution in [2.75, 3.05) is 19.8 Å². The van der Waals surface area contributed by atoms with Crippen molar-refractivity contribution in [3.63, 3.8) is 0 Å². The van der Waals surface area contributed by atoms with Gasteiger partial charge in [-0.05, 0) is 26.0 Å². The summed E-state index contributed by atoms with van der Waals surface area (Å²) in [5.41, 5.74) is 0.995. The Bertz CT molecular complexity index is 850. The van der Waals surface area contributed by atoms with E-state index in [1.54, 1.807) is 27.2 Å². The van der Waals surface area contributed by atoms with E-state index in [4.69, 9.17) is 4.42 Å². The Morgan fingerprint density at radius 1 is 1.22 bits per heavy atom. The van der Waals surface area contributed by atoms with Crippen LogP contribution in [0, 0.1) is 0 Å². The molecule has 0 saturated heterocycles. The lowest BCUT2D eigenvalue weighted by Crippen LogP contribution is -2.52. The summed E-state index contributed by atoms with van der Waals surface area (Å²) in [6.07, 6.45) is 2.73. The number of nitrogens with one attached hydrogen (secondary N) is 3. The van der Waals surface area contributed by atoms with Crippen molar-refractivity contribution in [3.8, 4) is 11.5 Å². The third kappa shape index (κ3) is 8.26. The largest absolute Gasteiger partial charge is 0.444 e. The SMILES string of the molecule is CN=C(NCc1coc(-c2ccccc2)n1)NCC(C)(C)NS(C)(=O)=O.I. The van der Waals surface area contributed by atoms with Gasteiger partial charge in [0.1, 0.15) is 6.26 Å². The van der Waals surface area contributed by atoms with Gasteiger partial charge >= 0.3 is 0 Å². The molecule has 0 spiro atoms. The smallest absolute Gasteiger partial charge is 0.226 e. The van der Waals surface area contributed by atoms with E-state index in [9.17, 15) is 8.42 Å². The molecular formula is C17H26IN5O3S. The van der Waals surface area contributed by atoms with Crippen LogP contribution in [-0.2, 0) is 16.6 Å². The first kappa shape index (κ1) is 23.4. The summed E-state index contributed by atoms with van der Waals surface area (Å²) in [5.74, 6) is 1.10. The molecule has 0 aliphatic heterocycles. The fourth-order valence-corrected chi connectivity index (χ4v) is 3.41. The van der Waals surface area contributed by atoms with Crippen LogP contribution >= 0.6 is 24.0 Å². The fourth-order valence-electron chi connectivity index (χ4n) is 2.34. The van der Waals surface area contributed by atoms with Gasteiger partial charge in [-0.3, -0.25) is 4.99 Å². The van der Waals surface area contributed by atoms with Crippen LogP contribution < -0.4 is 15.4 Å². The third-order valence-corrected chi connectivity index (χ3v) is 4.32. The van der Waals surface area contributed by atoms with Gasteiger partial charge in [-0.25, -0.2) is 18.1 Å². The number of aromatic nitrogens is 1. The summed E-state index contributed by atoms with van der Waals surface area (Å²) in [7, 11) is -1.64. The summed E-state index contributed by atoms with van der Waals surface area (Å²) in [6.45, 7) is 4.37. The van der Waals surface area contributed by atoms with Gasteiger partial charge in [0, 0.05) is 24.7 Å². The van der Waals surface area contributed by atoms with Gasteiger partial charge < -0.3 is 15.1 Å². The number of hydrogen-bond acceptors (Lipinski definition) is 5. The number of hydrogen-bond donors (Lipinski definition) is 3. The molecule has 8 nitrogen and oxygen atoms in total. The highest BCUT2D eigenvalue weighted by atomic mass is 127. The number of halogens is 1. The second kappa shape index (κ2) is 10.0. The zero-order valence-corrected chi connectivity index (χ0v) is 19.0. The van der Waals surface area contributed by atoms with Gasteiger partial charge in [-0.15, -0.1) is 24.0 Å². The van der Waals surface area contributed by atoms with Gasteiger partial charge in [-0.2, -0.15) is 0 Å². The lowest BCUT2D eigenvalue weighted by molar-refractivity contribution is 0.446. The summed E-state index contributed by atoms with van der Waals surface area (Å²) in [4.78, 5) is 8.57. The predicted molar refractivity (Wildman–Crippen MR) is 118 cm³/mol. The lowest BCUT2D eigenvalue weighted by atomic mass is 10.1. The number of benzene rings is 1. The molecule has 0 aliphatic carbocycles. The van der Waals surface area contributed by atoms with E-state index in [0.717, 1.165) is 17.5 Å². The Kier molecular flexibility index (Phi) is 8.69. The second-order valence-corrected chi connectivity index (χ2v) is 8.30. The number of nitrogens with zero attached hydrogens (tertiary/aromatic N) is 2. The number of sulfonamides is 1. The van der Waals surface area contributed by atoms with Crippen LogP contribution in [0.25, 0.3) is 11.5 Å². The van der Waals surface area contributed by atoms with Crippen LogP contribution in [0.5, 0.6) is 0 Å². The van der Waals surface area contributed by atoms with Gasteiger partial charge in [0.15, 0.2) is 5.96 Å². The molecule has 10 heteroatoms. The predicted octanol–water partition coefficient (Wildman–Crippen LogP) is 1.95. The maximum Gasteiger partial charge on any atom is 0.226 e. The Hall–Kier alpha value is -1.66. The highest BCUT2D eigenvalue weighted by molar-refractivity contribution is 14.0. The lowest BCUT2D eigenvalue weighted by Gasteiger charge is -2.26. The molecule has 0 unspecified atom stereocenters. The first-order valence-electron chi connectivity index (χ1n) is 8.12. The molecule has 0 atom stereocenters. The molecule has 0 saturated carbocycles. The van der Waals surface area contributed by atoms with Crippen molar-refractivity contribution in [2.45, 2.75) is 25.9 Å². The Balaban J connectivity index is 0.00000364. The molecule has 0 amide bonds. The minimum absolute atomic E-state index is 0. The maximum atomic E-state index is 11.4. The number of rotatable bonds is 7. The van der Waals surface area contributed by atoms with Crippen LogP contribution in [-0.4, -0.2) is 44.7 Å². The molecule has 0 aliphatic rings. The monoisotopic (exact) mass is 507 g/mol. The Labute approximate surface area is 177 Å². The van der Waals surface area contributed by atoms with Crippen LogP contribution in [0.1, 0.15) is 19.5 Å². The number of aliphatic imine (C=N–C) groups is 1. The molecule has 2 aromatic rings. The Morgan fingerprint density at radius 2 is 1.89 bits per heavy atom. The van der Waals surface area contributed by atoms with Gasteiger partial charge in [0.25, 0.3) is 0 Å². The first-order chi connectivity index (χ1) is 12.2. The molecule has 0 fully saturated rings. The standard InChI is InChI=1S/C17H25N5O3S.HI/c1-17(2,22-26(4,23)24)12-20-16(18-3)19-10-14-11-25-15(21-14)13-8-6-5-7-9-13;/h5-9,11,22H,10,12H2,1-4H3,(H2,18,19,20);1H. The molecule has 1 aromatic carbocycles. The molecule has 3 N–H and O–H groups in total. The maximum absolute atomic E-state index is 11.4. The van der Waals surface area contributed by atoms with Crippen LogP contribution in [0.4, 0.5) is 0 Å². The quantitative estimate of drug-likeness (QED) is 0.301. The fraction of sp³-hybridized carbons (Fsp3) is 0.412. The van der Waals surface area contributed by atoms with Crippen molar-refractivity contribution >= 4 is 40.0 Å². The normalized spacial score (nSPS) is 12.4. The van der Waals surface area contributed by atoms with Gasteiger partial charge in [0.05, 0.1) is 18.5 Å². The topological polar surface area (TPSA) is 109 Å². The van der Waals surface area contributed by atoms with E-state index in [2.05, 4.69) is 25.3 Å². The molecule has 27 heavy (non-hydrogen) atoms. The van der Waals surface area contributed by atoms with Crippen molar-refractivity contribution in [1.29, 1.82) is 0 Å². The van der Waals surface area contributed by atoms with Crippen molar-refractivity contribution in [3.05, 3.63) is 42.3 Å². The van der Waals surface area contributed by atoms with E-state index in [-0.39, 0.29) is 24.0 Å². The summed E-state index contributed by atoms with van der Waals surface area (Å²) >= 11 is 0. The van der Waals surface area contributed by atoms with Crippen molar-refractivity contribution in [2.24, 2.45) is 4.99 Å². The summed E-state index contributed by atoms with van der Waals surface area (Å²) in [5, 5.41) is 6.22. The summed E-state index contributed by atoms with van der Waals surface area (Å²) in [6, 6.07) is 9.65. The highest BCUT2D eigenvalue weighted by Gasteiger charge is 2.22. The first-order valence-corrected chi connectivity index (χ1v) is 10.0. The van der Waals surface area contributed by atoms with Crippen LogP contribution in [0.2, 0.25) is 0 Å². The Morgan fingerprint density at radius 3 is 2.48 bits per heavy atom. The van der Waals surface area contributed by atoms with Gasteiger partial charge in [0.2, 0.25) is 15.9 Å². The van der Waals surface area contributed by atoms with Crippen LogP contribution in [0.3, 0.4) is 0 Å².